The van der Waals surface area contributed by atoms with Gasteiger partial charge in [0.2, 0.25) is 11.8 Å². The molecule has 0 spiro atoms. The van der Waals surface area contributed by atoms with Crippen molar-refractivity contribution in [3.63, 3.8) is 0 Å². The van der Waals surface area contributed by atoms with Crippen molar-refractivity contribution in [1.29, 1.82) is 0 Å². The molecular weight excluding hydrogens is 450 g/mol. The molecule has 29 heavy (non-hydrogen) atoms. The lowest BCUT2D eigenvalue weighted by Gasteiger charge is -2.14. The molecule has 0 saturated heterocycles. The number of carbonyl (C=O) groups excluding carboxylic acids is 1. The third kappa shape index (κ3) is 3.42. The molecule has 0 atom stereocenters. The lowest BCUT2D eigenvalue weighted by Crippen LogP contribution is -2.18. The minimum atomic E-state index is 0.0509. The Labute approximate surface area is 180 Å². The Hall–Kier alpha value is -2.38. The number of aryl methyl sites for hydroxylation is 1. The lowest BCUT2D eigenvalue weighted by atomic mass is 9.96. The topological polar surface area (TPSA) is 60.9 Å². The second-order valence-corrected chi connectivity index (χ2v) is 8.80. The van der Waals surface area contributed by atoms with Crippen molar-refractivity contribution in [2.75, 3.05) is 5.75 Å². The standard InChI is InChI=1S/C22H18BrN3O2S/c23-17-10-4-1-9-16(17)21-24-25-22(28-21)29-13-20(27)26-18-11-5-2-7-14(18)15-8-3-6-12-19(15)26/h1-2,4-5,7,9-11H,3,6,8,12-13H2. The van der Waals surface area contributed by atoms with Gasteiger partial charge in [-0.2, -0.15) is 0 Å². The number of rotatable bonds is 4. The Balaban J connectivity index is 1.39. The van der Waals surface area contributed by atoms with Crippen LogP contribution in [0.4, 0.5) is 0 Å². The number of hydrogen-bond acceptors (Lipinski definition) is 5. The number of carbonyl (C=O) groups is 1. The Morgan fingerprint density at radius 2 is 1.86 bits per heavy atom. The highest BCUT2D eigenvalue weighted by Crippen LogP contribution is 2.33. The Bertz CT molecular complexity index is 1210. The molecule has 146 valence electrons. The second-order valence-electron chi connectivity index (χ2n) is 7.02. The first kappa shape index (κ1) is 18.6. The van der Waals surface area contributed by atoms with Gasteiger partial charge in [-0.15, -0.1) is 10.2 Å². The zero-order valence-electron chi connectivity index (χ0n) is 15.6. The SMILES string of the molecule is O=C(CSc1nnc(-c2ccccc2Br)o1)n1c2c(c3ccccc31)CCCC2. The van der Waals surface area contributed by atoms with Crippen LogP contribution < -0.4 is 0 Å². The summed E-state index contributed by atoms with van der Waals surface area (Å²) in [5.74, 6) is 0.745. The Morgan fingerprint density at radius 1 is 1.07 bits per heavy atom. The van der Waals surface area contributed by atoms with Crippen LogP contribution in [0, 0.1) is 0 Å². The largest absolute Gasteiger partial charge is 0.411 e. The number of para-hydroxylation sites is 1. The summed E-state index contributed by atoms with van der Waals surface area (Å²) in [6, 6.07) is 15.9. The van der Waals surface area contributed by atoms with Crippen LogP contribution in [-0.4, -0.2) is 26.4 Å². The molecule has 7 heteroatoms. The van der Waals surface area contributed by atoms with E-state index in [-0.39, 0.29) is 11.7 Å². The Morgan fingerprint density at radius 3 is 2.76 bits per heavy atom. The van der Waals surface area contributed by atoms with E-state index in [4.69, 9.17) is 4.42 Å². The first-order valence-corrected chi connectivity index (χ1v) is 11.4. The highest BCUT2D eigenvalue weighted by Gasteiger charge is 2.23. The Kier molecular flexibility index (Phi) is 5.01. The minimum Gasteiger partial charge on any atom is -0.411 e. The van der Waals surface area contributed by atoms with Crippen LogP contribution in [-0.2, 0) is 12.8 Å². The van der Waals surface area contributed by atoms with Crippen molar-refractivity contribution in [1.82, 2.24) is 14.8 Å². The lowest BCUT2D eigenvalue weighted by molar-refractivity contribution is 0.0943. The molecular formula is C22H18BrN3O2S. The molecule has 1 aliphatic rings. The van der Waals surface area contributed by atoms with Crippen LogP contribution in [0.1, 0.15) is 28.9 Å². The van der Waals surface area contributed by atoms with E-state index in [1.54, 1.807) is 0 Å². The monoisotopic (exact) mass is 467 g/mol. The van der Waals surface area contributed by atoms with E-state index in [9.17, 15) is 4.79 Å². The number of aromatic nitrogens is 3. The van der Waals surface area contributed by atoms with Gasteiger partial charge in [-0.3, -0.25) is 9.36 Å². The predicted octanol–water partition coefficient (Wildman–Crippen LogP) is 5.77. The summed E-state index contributed by atoms with van der Waals surface area (Å²) in [4.78, 5) is 13.1. The summed E-state index contributed by atoms with van der Waals surface area (Å²) in [6.45, 7) is 0. The van der Waals surface area contributed by atoms with Gasteiger partial charge in [0.15, 0.2) is 0 Å². The fourth-order valence-electron chi connectivity index (χ4n) is 3.98. The van der Waals surface area contributed by atoms with E-state index < -0.39 is 0 Å². The summed E-state index contributed by atoms with van der Waals surface area (Å²) in [5.41, 5.74) is 4.34. The first-order chi connectivity index (χ1) is 14.2. The van der Waals surface area contributed by atoms with Crippen LogP contribution in [0.5, 0.6) is 0 Å². The van der Waals surface area contributed by atoms with Gasteiger partial charge >= 0.3 is 0 Å². The van der Waals surface area contributed by atoms with Gasteiger partial charge in [0.25, 0.3) is 5.22 Å². The van der Waals surface area contributed by atoms with Gasteiger partial charge in [0, 0.05) is 15.6 Å². The normalized spacial score (nSPS) is 13.6. The summed E-state index contributed by atoms with van der Waals surface area (Å²) in [5, 5.41) is 9.82. The van der Waals surface area contributed by atoms with E-state index >= 15 is 0 Å². The van der Waals surface area contributed by atoms with E-state index in [1.165, 1.54) is 34.8 Å². The summed E-state index contributed by atoms with van der Waals surface area (Å²) < 4.78 is 8.56. The molecule has 2 heterocycles. The fourth-order valence-corrected chi connectivity index (χ4v) is 5.05. The van der Waals surface area contributed by atoms with Crippen LogP contribution in [0.2, 0.25) is 0 Å². The average molecular weight is 468 g/mol. The van der Waals surface area contributed by atoms with Crippen LogP contribution in [0.25, 0.3) is 22.4 Å². The smallest absolute Gasteiger partial charge is 0.277 e. The molecule has 0 saturated carbocycles. The third-order valence-corrected chi connectivity index (χ3v) is 6.75. The zero-order chi connectivity index (χ0) is 19.8. The van der Waals surface area contributed by atoms with Crippen molar-refractivity contribution in [3.8, 4) is 11.5 Å². The molecule has 5 nitrogen and oxygen atoms in total. The van der Waals surface area contributed by atoms with Gasteiger partial charge in [-0.05, 0) is 65.4 Å². The molecule has 0 radical (unpaired) electrons. The van der Waals surface area contributed by atoms with E-state index in [0.29, 0.717) is 11.1 Å². The average Bonchev–Trinajstić information content (AvgIpc) is 3.35. The summed E-state index contributed by atoms with van der Waals surface area (Å²) >= 11 is 4.78. The summed E-state index contributed by atoms with van der Waals surface area (Å²) in [6.07, 6.45) is 4.31. The molecule has 2 aromatic carbocycles. The number of benzene rings is 2. The van der Waals surface area contributed by atoms with Gasteiger partial charge in [-0.25, -0.2) is 0 Å². The maximum atomic E-state index is 13.1. The van der Waals surface area contributed by atoms with Crippen molar-refractivity contribution in [2.45, 2.75) is 30.9 Å². The van der Waals surface area contributed by atoms with Gasteiger partial charge in [-0.1, -0.05) is 42.1 Å². The molecule has 0 unspecified atom stereocenters. The third-order valence-electron chi connectivity index (χ3n) is 5.26. The van der Waals surface area contributed by atoms with Crippen molar-refractivity contribution < 1.29 is 9.21 Å². The van der Waals surface area contributed by atoms with Gasteiger partial charge in [0.05, 0.1) is 16.8 Å². The zero-order valence-corrected chi connectivity index (χ0v) is 18.0. The second kappa shape index (κ2) is 7.80. The highest BCUT2D eigenvalue weighted by molar-refractivity contribution is 9.10. The maximum Gasteiger partial charge on any atom is 0.277 e. The molecule has 0 fully saturated rings. The van der Waals surface area contributed by atoms with E-state index in [1.807, 2.05) is 47.0 Å². The van der Waals surface area contributed by atoms with Crippen LogP contribution in [0.15, 0.2) is 62.6 Å². The van der Waals surface area contributed by atoms with Crippen molar-refractivity contribution >= 4 is 44.5 Å². The highest BCUT2D eigenvalue weighted by atomic mass is 79.9. The molecule has 0 amide bonds. The van der Waals surface area contributed by atoms with E-state index in [0.717, 1.165) is 34.8 Å². The molecule has 0 bridgehead atoms. The first-order valence-electron chi connectivity index (χ1n) is 9.58. The quantitative estimate of drug-likeness (QED) is 0.356. The summed E-state index contributed by atoms with van der Waals surface area (Å²) in [7, 11) is 0. The number of nitrogens with zero attached hydrogens (tertiary/aromatic N) is 3. The molecule has 1 aliphatic carbocycles. The van der Waals surface area contributed by atoms with Crippen LogP contribution >= 0.6 is 27.7 Å². The number of halogens is 1. The molecule has 0 aliphatic heterocycles. The number of thioether (sulfide) groups is 1. The predicted molar refractivity (Wildman–Crippen MR) is 117 cm³/mol. The minimum absolute atomic E-state index is 0.0509. The molecule has 4 aromatic rings. The number of fused-ring (bicyclic) bond motifs is 3. The molecule has 0 N–H and O–H groups in total. The van der Waals surface area contributed by atoms with Gasteiger partial charge < -0.3 is 4.42 Å². The van der Waals surface area contributed by atoms with Gasteiger partial charge in [0.1, 0.15) is 0 Å². The number of hydrogen-bond donors (Lipinski definition) is 0. The maximum absolute atomic E-state index is 13.1. The molecule has 5 rings (SSSR count). The van der Waals surface area contributed by atoms with Crippen molar-refractivity contribution in [2.24, 2.45) is 0 Å². The van der Waals surface area contributed by atoms with E-state index in [2.05, 4.69) is 32.2 Å². The van der Waals surface area contributed by atoms with Crippen molar-refractivity contribution in [3.05, 3.63) is 64.3 Å². The van der Waals surface area contributed by atoms with Crippen LogP contribution in [0.3, 0.4) is 0 Å². The molecule has 2 aromatic heterocycles. The fraction of sp³-hybridized carbons (Fsp3) is 0.227.